The molecule has 21 aromatic rings. The van der Waals surface area contributed by atoms with Crippen molar-refractivity contribution in [1.82, 2.24) is 38.6 Å². The molecule has 0 aliphatic rings. The molecule has 8 nitrogen and oxygen atoms in total. The van der Waals surface area contributed by atoms with Gasteiger partial charge in [-0.1, -0.05) is 231 Å². The van der Waals surface area contributed by atoms with Gasteiger partial charge in [-0.2, -0.15) is 0 Å². The molecule has 21 rings (SSSR count). The van der Waals surface area contributed by atoms with Crippen molar-refractivity contribution in [3.8, 4) is 73.0 Å². The van der Waals surface area contributed by atoms with Crippen molar-refractivity contribution < 1.29 is 0 Å². The van der Waals surface area contributed by atoms with Gasteiger partial charge < -0.3 is 9.13 Å². The van der Waals surface area contributed by atoms with Gasteiger partial charge >= 0.3 is 0 Å². The van der Waals surface area contributed by atoms with E-state index in [4.69, 9.17) is 31.5 Å². The number of para-hydroxylation sites is 8. The Morgan fingerprint density at radius 1 is 0.311 bits per heavy atom. The number of imidazole rings is 1. The molecule has 0 bridgehead atoms. The number of rotatable bonds is 11. The largest absolute Gasteiger partial charge is 0.309 e. The zero-order chi connectivity index (χ0) is 70.1. The molecule has 0 atom stereocenters. The van der Waals surface area contributed by atoms with Crippen LogP contribution in [0.5, 0.6) is 0 Å². The molecule has 0 saturated carbocycles. The molecule has 0 spiro atoms. The number of benzene rings is 14. The van der Waals surface area contributed by atoms with E-state index in [1.807, 2.05) is 24.5 Å². The monoisotopic (exact) mass is 1350 g/mol. The molecule has 0 fully saturated rings. The van der Waals surface area contributed by atoms with Gasteiger partial charge in [0.1, 0.15) is 5.82 Å². The minimum absolute atomic E-state index is 0.852. The lowest BCUT2D eigenvalue weighted by atomic mass is 9.91. The number of hydrogen-bond acceptors (Lipinski definition) is 5. The van der Waals surface area contributed by atoms with E-state index in [1.165, 1.54) is 10.8 Å². The van der Waals surface area contributed by atoms with E-state index in [9.17, 15) is 0 Å². The molecule has 494 valence electrons. The smallest absolute Gasteiger partial charge is 0.145 e. The summed E-state index contributed by atoms with van der Waals surface area (Å²) < 4.78 is 7.19. The van der Waals surface area contributed by atoms with E-state index in [-0.39, 0.29) is 0 Å². The van der Waals surface area contributed by atoms with Crippen molar-refractivity contribution in [1.29, 1.82) is 0 Å². The first-order valence-electron chi connectivity index (χ1n) is 36.0. The number of pyridine rings is 4. The van der Waals surface area contributed by atoms with Crippen LogP contribution in [0.15, 0.2) is 347 Å². The SMILES string of the molecule is C=C(/C=C\c1cc(-c2c3ccccc3nc3c2ccc2cccnc23)ccc1C)c1ccc(-c2nc3ccccc3n2-c2ccccc2)cc1-c1ccc2c(c1)c1ccccc1n2-c1cc(-c2ccc(-c3c4ccccc4nc4c3ccc3cccnc34)cc2)cc(-n2c3ccccc3c3ccccc32)c1. The molecule has 0 amide bonds. The average Bonchev–Trinajstić information content (AvgIpc) is 1.60. The van der Waals surface area contributed by atoms with Gasteiger partial charge in [0.15, 0.2) is 0 Å². The zero-order valence-corrected chi connectivity index (χ0v) is 57.7. The van der Waals surface area contributed by atoms with Gasteiger partial charge in [-0.3, -0.25) is 14.5 Å². The molecule has 14 aromatic carbocycles. The molecule has 0 unspecified atom stereocenters. The third-order valence-electron chi connectivity index (χ3n) is 21.6. The van der Waals surface area contributed by atoms with Crippen LogP contribution in [0.3, 0.4) is 0 Å². The van der Waals surface area contributed by atoms with E-state index in [0.717, 1.165) is 205 Å². The molecule has 0 aliphatic heterocycles. The third-order valence-corrected chi connectivity index (χ3v) is 21.6. The Balaban J connectivity index is 0.733. The maximum atomic E-state index is 5.41. The molecule has 7 heterocycles. The minimum atomic E-state index is 0.852. The highest BCUT2D eigenvalue weighted by Crippen LogP contribution is 2.45. The van der Waals surface area contributed by atoms with Crippen molar-refractivity contribution in [2.45, 2.75) is 6.92 Å². The third kappa shape index (κ3) is 9.73. The maximum absolute atomic E-state index is 5.41. The van der Waals surface area contributed by atoms with Gasteiger partial charge in [0.05, 0.1) is 66.2 Å². The van der Waals surface area contributed by atoms with Gasteiger partial charge in [-0.25, -0.2) is 15.0 Å². The van der Waals surface area contributed by atoms with Crippen LogP contribution in [-0.4, -0.2) is 38.6 Å². The molecular weight excluding hydrogens is 1290 g/mol. The number of nitrogens with zero attached hydrogens (tertiary/aromatic N) is 8. The average molecular weight is 1350 g/mol. The van der Waals surface area contributed by atoms with Crippen molar-refractivity contribution in [3.05, 3.63) is 363 Å². The molecule has 8 heteroatoms. The fourth-order valence-corrected chi connectivity index (χ4v) is 16.6. The molecular formula is C98H62N8. The number of aryl methyl sites for hydroxylation is 1. The Bertz CT molecular complexity index is 7240. The molecule has 0 aliphatic carbocycles. The summed E-state index contributed by atoms with van der Waals surface area (Å²) in [6.07, 6.45) is 8.13. The lowest BCUT2D eigenvalue weighted by molar-refractivity contribution is 1.10. The number of hydrogen-bond donors (Lipinski definition) is 0. The Morgan fingerprint density at radius 2 is 0.811 bits per heavy atom. The summed E-state index contributed by atoms with van der Waals surface area (Å²) in [4.78, 5) is 25.6. The van der Waals surface area contributed by atoms with Gasteiger partial charge in [0.25, 0.3) is 0 Å². The van der Waals surface area contributed by atoms with Gasteiger partial charge in [0, 0.05) is 100 Å². The summed E-state index contributed by atoms with van der Waals surface area (Å²) in [5.41, 5.74) is 28.9. The first kappa shape index (κ1) is 60.5. The second kappa shape index (κ2) is 24.2. The minimum Gasteiger partial charge on any atom is -0.309 e. The Morgan fingerprint density at radius 3 is 1.43 bits per heavy atom. The van der Waals surface area contributed by atoms with Gasteiger partial charge in [0.2, 0.25) is 0 Å². The van der Waals surface area contributed by atoms with Gasteiger partial charge in [-0.05, 0) is 172 Å². The summed E-state index contributed by atoms with van der Waals surface area (Å²) >= 11 is 0. The van der Waals surface area contributed by atoms with Crippen LogP contribution in [0.1, 0.15) is 16.7 Å². The fraction of sp³-hybridized carbons (Fsp3) is 0.0102. The van der Waals surface area contributed by atoms with E-state index in [0.29, 0.717) is 0 Å². The first-order chi connectivity index (χ1) is 52.4. The second-order valence-corrected chi connectivity index (χ2v) is 27.6. The Hall–Kier alpha value is -14.2. The molecule has 0 saturated heterocycles. The predicted octanol–water partition coefficient (Wildman–Crippen LogP) is 25.1. The molecule has 0 radical (unpaired) electrons. The summed E-state index contributed by atoms with van der Waals surface area (Å²) in [5.74, 6) is 0.852. The van der Waals surface area contributed by atoms with E-state index >= 15 is 0 Å². The van der Waals surface area contributed by atoms with Gasteiger partial charge in [-0.15, -0.1) is 0 Å². The van der Waals surface area contributed by atoms with Crippen LogP contribution < -0.4 is 0 Å². The zero-order valence-electron chi connectivity index (χ0n) is 57.7. The maximum Gasteiger partial charge on any atom is 0.145 e. The standard InChI is InChI=1S/C98H62N8/c1-60-36-39-68(93-79-28-7-12-30-85(79)102-97-81(93)50-45-65-21-19-53-100-95(65)97)54-66(60)38-37-61(2)74-48-46-69(98-103-86-31-13-17-35-91(86)106(98)71-22-4-3-5-23-71)58-82(74)67-47-51-90-83(57-67)77-26-10-16-34-89(77)105(90)73-56-70(55-72(59-73)104-87-32-14-8-24-75(87)76-25-9-15-33-88(76)104)62-40-42-63(43-41-62)92-78-27-6-11-29-84(78)101-96-80(92)49-44-64-20-18-52-99-94(64)96/h3-59H,2H2,1H3/b38-37-. The number of aromatic nitrogens is 8. The second-order valence-electron chi connectivity index (χ2n) is 27.6. The molecule has 106 heavy (non-hydrogen) atoms. The van der Waals surface area contributed by atoms with Crippen LogP contribution in [0.25, 0.3) is 205 Å². The van der Waals surface area contributed by atoms with Crippen LogP contribution >= 0.6 is 0 Å². The fourth-order valence-electron chi connectivity index (χ4n) is 16.6. The Labute approximate surface area is 609 Å². The van der Waals surface area contributed by atoms with Crippen molar-refractivity contribution >= 4 is 132 Å². The van der Waals surface area contributed by atoms with Crippen LogP contribution in [0, 0.1) is 6.92 Å². The quantitative estimate of drug-likeness (QED) is 0.0732. The summed E-state index contributed by atoms with van der Waals surface area (Å²) in [7, 11) is 0. The summed E-state index contributed by atoms with van der Waals surface area (Å²) in [6, 6.07) is 116. The normalized spacial score (nSPS) is 12.0. The highest BCUT2D eigenvalue weighted by Gasteiger charge is 2.24. The van der Waals surface area contributed by atoms with Crippen molar-refractivity contribution in [2.24, 2.45) is 0 Å². The van der Waals surface area contributed by atoms with E-state index in [1.54, 1.807) is 0 Å². The number of allylic oxidation sites excluding steroid dienone is 2. The van der Waals surface area contributed by atoms with Crippen LogP contribution in [-0.2, 0) is 0 Å². The highest BCUT2D eigenvalue weighted by atomic mass is 15.1. The van der Waals surface area contributed by atoms with E-state index < -0.39 is 0 Å². The lowest BCUT2D eigenvalue weighted by Crippen LogP contribution is -2.00. The lowest BCUT2D eigenvalue weighted by Gasteiger charge is -2.17. The summed E-state index contributed by atoms with van der Waals surface area (Å²) in [6.45, 7) is 7.11. The first-order valence-corrected chi connectivity index (χ1v) is 36.0. The van der Waals surface area contributed by atoms with Crippen molar-refractivity contribution in [2.75, 3.05) is 0 Å². The van der Waals surface area contributed by atoms with Crippen molar-refractivity contribution in [3.63, 3.8) is 0 Å². The van der Waals surface area contributed by atoms with Crippen LogP contribution in [0.2, 0.25) is 0 Å². The van der Waals surface area contributed by atoms with Crippen LogP contribution in [0.4, 0.5) is 0 Å². The predicted molar refractivity (Wildman–Crippen MR) is 442 cm³/mol. The molecule has 7 aromatic heterocycles. The topological polar surface area (TPSA) is 79.2 Å². The molecule has 0 N–H and O–H groups in total. The Kier molecular flexibility index (Phi) is 13.8. The van der Waals surface area contributed by atoms with E-state index in [2.05, 4.69) is 342 Å². The summed E-state index contributed by atoms with van der Waals surface area (Å²) in [5, 5.41) is 11.1. The number of fused-ring (bicyclic) bond motifs is 15. The highest BCUT2D eigenvalue weighted by molar-refractivity contribution is 6.18.